The molecule has 0 amide bonds. The number of aromatic nitrogens is 3. The van der Waals surface area contributed by atoms with E-state index in [4.69, 9.17) is 0 Å². The molecule has 2 heterocycles. The smallest absolute Gasteiger partial charge is 0.261 e. The van der Waals surface area contributed by atoms with Crippen molar-refractivity contribution < 1.29 is 13.2 Å². The number of halogens is 3. The van der Waals surface area contributed by atoms with Crippen LogP contribution < -0.4 is 0 Å². The monoisotopic (exact) mass is 275 g/mol. The number of para-hydroxylation sites is 1. The van der Waals surface area contributed by atoms with Gasteiger partial charge < -0.3 is 0 Å². The van der Waals surface area contributed by atoms with Gasteiger partial charge >= 0.3 is 6.18 Å². The van der Waals surface area contributed by atoms with Gasteiger partial charge in [-0.2, -0.15) is 13.2 Å². The third kappa shape index (κ3) is 2.20. The fourth-order valence-corrected chi connectivity index (χ4v) is 1.97. The van der Waals surface area contributed by atoms with E-state index in [1.807, 2.05) is 0 Å². The molecule has 1 aromatic carbocycles. The molecule has 3 aromatic rings. The first-order valence-corrected chi connectivity index (χ1v) is 5.79. The predicted molar refractivity (Wildman–Crippen MR) is 67.8 cm³/mol. The maximum absolute atomic E-state index is 13.1. The lowest BCUT2D eigenvalue weighted by Gasteiger charge is -2.12. The second-order valence-electron chi connectivity index (χ2n) is 4.16. The van der Waals surface area contributed by atoms with E-state index in [-0.39, 0.29) is 16.6 Å². The van der Waals surface area contributed by atoms with Gasteiger partial charge in [0, 0.05) is 17.8 Å². The first-order valence-electron chi connectivity index (χ1n) is 5.79. The third-order valence-corrected chi connectivity index (χ3v) is 2.85. The van der Waals surface area contributed by atoms with Gasteiger partial charge in [-0.3, -0.25) is 9.97 Å². The van der Waals surface area contributed by atoms with Gasteiger partial charge in [-0.1, -0.05) is 18.2 Å². The Kier molecular flexibility index (Phi) is 2.85. The SMILES string of the molecule is FC(F)(F)c1cc(-c2cnccn2)nc2ccccc12. The van der Waals surface area contributed by atoms with Crippen molar-refractivity contribution >= 4 is 10.9 Å². The summed E-state index contributed by atoms with van der Waals surface area (Å²) in [6.45, 7) is 0. The molecule has 0 aliphatic carbocycles. The highest BCUT2D eigenvalue weighted by Crippen LogP contribution is 2.36. The van der Waals surface area contributed by atoms with Crippen molar-refractivity contribution in [2.45, 2.75) is 6.18 Å². The number of pyridine rings is 1. The van der Waals surface area contributed by atoms with Gasteiger partial charge in [0.15, 0.2) is 0 Å². The summed E-state index contributed by atoms with van der Waals surface area (Å²) in [5.41, 5.74) is 0.0274. The quantitative estimate of drug-likeness (QED) is 0.679. The van der Waals surface area contributed by atoms with E-state index in [1.165, 1.54) is 24.7 Å². The normalized spacial score (nSPS) is 11.8. The second-order valence-corrected chi connectivity index (χ2v) is 4.16. The molecule has 0 N–H and O–H groups in total. The lowest BCUT2D eigenvalue weighted by Crippen LogP contribution is -2.07. The van der Waals surface area contributed by atoms with E-state index in [0.717, 1.165) is 6.07 Å². The number of hydrogen-bond acceptors (Lipinski definition) is 3. The van der Waals surface area contributed by atoms with Crippen molar-refractivity contribution in [3.8, 4) is 11.4 Å². The maximum atomic E-state index is 13.1. The average molecular weight is 275 g/mol. The molecule has 0 saturated carbocycles. The van der Waals surface area contributed by atoms with Crippen LogP contribution in [0.1, 0.15) is 5.56 Å². The number of hydrogen-bond donors (Lipinski definition) is 0. The van der Waals surface area contributed by atoms with Crippen LogP contribution in [0.15, 0.2) is 48.9 Å². The zero-order valence-corrected chi connectivity index (χ0v) is 10.1. The third-order valence-electron chi connectivity index (χ3n) is 2.85. The van der Waals surface area contributed by atoms with Crippen LogP contribution >= 0.6 is 0 Å². The van der Waals surface area contributed by atoms with E-state index in [1.54, 1.807) is 18.2 Å². The fourth-order valence-electron chi connectivity index (χ4n) is 1.97. The average Bonchev–Trinajstić information content (AvgIpc) is 2.46. The van der Waals surface area contributed by atoms with Crippen molar-refractivity contribution in [2.75, 3.05) is 0 Å². The van der Waals surface area contributed by atoms with Crippen LogP contribution in [0.4, 0.5) is 13.2 Å². The molecule has 2 aromatic heterocycles. The lowest BCUT2D eigenvalue weighted by molar-refractivity contribution is -0.136. The van der Waals surface area contributed by atoms with E-state index >= 15 is 0 Å². The van der Waals surface area contributed by atoms with Crippen molar-refractivity contribution in [3.63, 3.8) is 0 Å². The van der Waals surface area contributed by atoms with Gasteiger partial charge in [0.1, 0.15) is 5.69 Å². The summed E-state index contributed by atoms with van der Waals surface area (Å²) in [6.07, 6.45) is -0.189. The molecule has 3 rings (SSSR count). The topological polar surface area (TPSA) is 38.7 Å². The molecule has 100 valence electrons. The standard InChI is InChI=1S/C14H8F3N3/c15-14(16,17)10-7-12(13-8-18-5-6-19-13)20-11-4-2-1-3-9(10)11/h1-8H. The minimum atomic E-state index is -4.44. The first-order chi connectivity index (χ1) is 9.55. The van der Waals surface area contributed by atoms with Crippen molar-refractivity contribution in [1.29, 1.82) is 0 Å². The lowest BCUT2D eigenvalue weighted by atomic mass is 10.1. The van der Waals surface area contributed by atoms with E-state index in [9.17, 15) is 13.2 Å². The summed E-state index contributed by atoms with van der Waals surface area (Å²) in [7, 11) is 0. The Morgan fingerprint density at radius 2 is 1.75 bits per heavy atom. The molecular formula is C14H8F3N3. The Hall–Kier alpha value is -2.50. The predicted octanol–water partition coefficient (Wildman–Crippen LogP) is 3.71. The molecule has 3 nitrogen and oxygen atoms in total. The minimum absolute atomic E-state index is 0.0765. The number of alkyl halides is 3. The molecule has 0 aliphatic heterocycles. The van der Waals surface area contributed by atoms with Crippen LogP contribution in [0.5, 0.6) is 0 Å². The zero-order valence-electron chi connectivity index (χ0n) is 10.1. The highest BCUT2D eigenvalue weighted by atomic mass is 19.4. The Morgan fingerprint density at radius 1 is 0.950 bits per heavy atom. The highest BCUT2D eigenvalue weighted by Gasteiger charge is 2.33. The summed E-state index contributed by atoms with van der Waals surface area (Å²) in [6, 6.07) is 7.17. The molecule has 0 radical (unpaired) electrons. The highest BCUT2D eigenvalue weighted by molar-refractivity contribution is 5.85. The van der Waals surface area contributed by atoms with Crippen LogP contribution in [0.25, 0.3) is 22.3 Å². The summed E-state index contributed by atoms with van der Waals surface area (Å²) in [4.78, 5) is 12.1. The Morgan fingerprint density at radius 3 is 2.45 bits per heavy atom. The van der Waals surface area contributed by atoms with Crippen molar-refractivity contribution in [3.05, 3.63) is 54.5 Å². The van der Waals surface area contributed by atoms with Crippen LogP contribution in [0.2, 0.25) is 0 Å². The first kappa shape index (κ1) is 12.5. The van der Waals surface area contributed by atoms with Crippen LogP contribution in [0, 0.1) is 0 Å². The van der Waals surface area contributed by atoms with E-state index in [2.05, 4.69) is 15.0 Å². The zero-order chi connectivity index (χ0) is 14.2. The molecular weight excluding hydrogens is 267 g/mol. The largest absolute Gasteiger partial charge is 0.417 e. The summed E-state index contributed by atoms with van der Waals surface area (Å²) in [5.74, 6) is 0. The molecule has 0 atom stereocenters. The molecule has 0 spiro atoms. The molecule has 0 fully saturated rings. The van der Waals surface area contributed by atoms with E-state index < -0.39 is 11.7 Å². The molecule has 6 heteroatoms. The molecule has 0 aliphatic rings. The Labute approximate surface area is 112 Å². The van der Waals surface area contributed by atoms with Gasteiger partial charge in [0.2, 0.25) is 0 Å². The molecule has 0 bridgehead atoms. The maximum Gasteiger partial charge on any atom is 0.417 e. The van der Waals surface area contributed by atoms with Gasteiger partial charge in [-0.25, -0.2) is 4.98 Å². The number of fused-ring (bicyclic) bond motifs is 1. The van der Waals surface area contributed by atoms with Gasteiger partial charge in [-0.15, -0.1) is 0 Å². The second kappa shape index (κ2) is 4.56. The fraction of sp³-hybridized carbons (Fsp3) is 0.0714. The number of nitrogens with zero attached hydrogens (tertiary/aromatic N) is 3. The number of benzene rings is 1. The molecule has 20 heavy (non-hydrogen) atoms. The minimum Gasteiger partial charge on any atom is -0.261 e. The summed E-state index contributed by atoms with van der Waals surface area (Å²) in [5, 5.41) is 0.0765. The van der Waals surface area contributed by atoms with Gasteiger partial charge in [-0.05, 0) is 12.1 Å². The molecule has 0 saturated heterocycles. The van der Waals surface area contributed by atoms with Crippen LogP contribution in [-0.4, -0.2) is 15.0 Å². The van der Waals surface area contributed by atoms with Crippen LogP contribution in [-0.2, 0) is 6.18 Å². The Balaban J connectivity index is 2.31. The van der Waals surface area contributed by atoms with Crippen LogP contribution in [0.3, 0.4) is 0 Å². The summed E-state index contributed by atoms with van der Waals surface area (Å²) >= 11 is 0. The van der Waals surface area contributed by atoms with Gasteiger partial charge in [0.25, 0.3) is 0 Å². The summed E-state index contributed by atoms with van der Waals surface area (Å²) < 4.78 is 39.4. The number of rotatable bonds is 1. The Bertz CT molecular complexity index is 754. The van der Waals surface area contributed by atoms with Crippen molar-refractivity contribution in [1.82, 2.24) is 15.0 Å². The van der Waals surface area contributed by atoms with Gasteiger partial charge in [0.05, 0.1) is 23.0 Å². The molecule has 0 unspecified atom stereocenters. The van der Waals surface area contributed by atoms with Crippen molar-refractivity contribution in [2.24, 2.45) is 0 Å². The van der Waals surface area contributed by atoms with E-state index in [0.29, 0.717) is 5.69 Å².